The Balaban J connectivity index is 1.91. The summed E-state index contributed by atoms with van der Waals surface area (Å²) in [7, 11) is -7.62. The zero-order valence-corrected chi connectivity index (χ0v) is 23.0. The van der Waals surface area contributed by atoms with Crippen molar-refractivity contribution in [3.05, 3.63) is 53.0 Å². The highest BCUT2D eigenvalue weighted by Crippen LogP contribution is 2.39. The molecule has 8 nitrogen and oxygen atoms in total. The van der Waals surface area contributed by atoms with Crippen LogP contribution < -0.4 is 9.62 Å². The topological polar surface area (TPSA) is 107 Å². The largest absolute Gasteiger partial charge is 0.421 e. The lowest BCUT2D eigenvalue weighted by molar-refractivity contribution is -0.258. The number of benzene rings is 1. The first-order valence-electron chi connectivity index (χ1n) is 11.5. The molecule has 1 saturated heterocycles. The summed E-state index contributed by atoms with van der Waals surface area (Å²) < 4.78 is 95.0. The minimum absolute atomic E-state index is 0.0266. The number of allylic oxidation sites excluding steroid dienone is 4. The molecule has 0 bridgehead atoms. The number of rotatable bonds is 8. The molecule has 1 fully saturated rings. The Kier molecular flexibility index (Phi) is 8.62. The summed E-state index contributed by atoms with van der Waals surface area (Å²) in [5.74, 6) is 0. The lowest BCUT2D eigenvalue weighted by Gasteiger charge is -2.42. The van der Waals surface area contributed by atoms with Gasteiger partial charge in [-0.25, -0.2) is 21.6 Å². The van der Waals surface area contributed by atoms with Gasteiger partial charge >= 0.3 is 6.18 Å². The van der Waals surface area contributed by atoms with Crippen LogP contribution in [0.3, 0.4) is 0 Å². The van der Waals surface area contributed by atoms with Crippen molar-refractivity contribution in [3.63, 3.8) is 0 Å². The van der Waals surface area contributed by atoms with E-state index >= 15 is 0 Å². The van der Waals surface area contributed by atoms with Crippen LogP contribution in [-0.2, 0) is 25.6 Å². The van der Waals surface area contributed by atoms with Crippen LogP contribution in [0.5, 0.6) is 0 Å². The first-order chi connectivity index (χ1) is 17.0. The Labute approximate surface area is 220 Å². The van der Waals surface area contributed by atoms with E-state index in [0.29, 0.717) is 19.0 Å². The van der Waals surface area contributed by atoms with Crippen molar-refractivity contribution in [1.29, 1.82) is 0 Å². The summed E-state index contributed by atoms with van der Waals surface area (Å²) >= 11 is 5.24. The van der Waals surface area contributed by atoms with Gasteiger partial charge in [-0.05, 0) is 44.5 Å². The maximum absolute atomic E-state index is 13.3. The zero-order chi connectivity index (χ0) is 27.8. The molecule has 2 aliphatic rings. The molecule has 1 aliphatic carbocycles. The second-order valence-electron chi connectivity index (χ2n) is 9.36. The van der Waals surface area contributed by atoms with Crippen molar-refractivity contribution in [3.8, 4) is 0 Å². The number of halogens is 3. The molecule has 2 atom stereocenters. The van der Waals surface area contributed by atoms with Crippen LogP contribution in [0.25, 0.3) is 0 Å². The van der Waals surface area contributed by atoms with Crippen LogP contribution in [0.1, 0.15) is 32.8 Å². The highest BCUT2D eigenvalue weighted by atomic mass is 32.2. The van der Waals surface area contributed by atoms with Gasteiger partial charge in [0, 0.05) is 43.2 Å². The normalized spacial score (nSPS) is 21.7. The number of hydrogen-bond donors (Lipinski definition) is 2. The van der Waals surface area contributed by atoms with E-state index < -0.39 is 43.1 Å². The van der Waals surface area contributed by atoms with Crippen LogP contribution in [0, 0.1) is 0 Å². The standard InChI is InChI=1S/C23H30F3N3O5S3/c1-16(2)36(31,32)27-14-19-15-28(37(33,34)21-7-5-4-6-20(21)35)12-13-29(19)18-10-8-17(9-11-18)22(3,30)23(24,25)26/h4-5,7-11,16,19,27,30H,6,12-15H2,1-3H3/t19-,22?/m0/s1. The van der Waals surface area contributed by atoms with Crippen molar-refractivity contribution < 1.29 is 35.1 Å². The maximum Gasteiger partial charge on any atom is 0.421 e. The van der Waals surface area contributed by atoms with Gasteiger partial charge in [0.25, 0.3) is 0 Å². The quantitative estimate of drug-likeness (QED) is 0.455. The predicted molar refractivity (Wildman–Crippen MR) is 140 cm³/mol. The van der Waals surface area contributed by atoms with E-state index in [2.05, 4.69) is 4.72 Å². The van der Waals surface area contributed by atoms with Gasteiger partial charge in [-0.3, -0.25) is 0 Å². The molecule has 1 aromatic rings. The van der Waals surface area contributed by atoms with E-state index in [-0.39, 0.29) is 41.5 Å². The van der Waals surface area contributed by atoms with Gasteiger partial charge in [-0.15, -0.1) is 0 Å². The third-order valence-corrected chi connectivity index (χ3v) is 10.8. The van der Waals surface area contributed by atoms with Gasteiger partial charge < -0.3 is 10.0 Å². The molecule has 1 aliphatic heterocycles. The molecule has 0 saturated carbocycles. The predicted octanol–water partition coefficient (Wildman–Crippen LogP) is 2.82. The highest BCUT2D eigenvalue weighted by molar-refractivity contribution is 7.96. The van der Waals surface area contributed by atoms with Gasteiger partial charge in [-0.1, -0.05) is 36.5 Å². The first kappa shape index (κ1) is 29.7. The smallest absolute Gasteiger partial charge is 0.376 e. The number of hydrogen-bond acceptors (Lipinski definition) is 7. The number of alkyl halides is 3. The Bertz CT molecular complexity index is 1290. The van der Waals surface area contributed by atoms with E-state index in [9.17, 15) is 35.1 Å². The number of piperazine rings is 1. The van der Waals surface area contributed by atoms with E-state index in [0.717, 1.165) is 12.1 Å². The van der Waals surface area contributed by atoms with Crippen molar-refractivity contribution >= 4 is 42.8 Å². The monoisotopic (exact) mass is 581 g/mol. The summed E-state index contributed by atoms with van der Waals surface area (Å²) in [5.41, 5.74) is -2.94. The first-order valence-corrected chi connectivity index (χ1v) is 14.9. The van der Waals surface area contributed by atoms with E-state index in [1.165, 1.54) is 36.4 Å². The van der Waals surface area contributed by atoms with Crippen LogP contribution in [-0.4, -0.2) is 74.8 Å². The summed E-state index contributed by atoms with van der Waals surface area (Å²) in [6, 6.07) is 4.43. The van der Waals surface area contributed by atoms with Gasteiger partial charge in [0.1, 0.15) is 0 Å². The number of nitrogens with zero attached hydrogens (tertiary/aromatic N) is 2. The number of sulfonamides is 2. The fourth-order valence-electron chi connectivity index (χ4n) is 3.97. The third kappa shape index (κ3) is 6.25. The molecule has 0 spiro atoms. The minimum Gasteiger partial charge on any atom is -0.376 e. The Morgan fingerprint density at radius 2 is 1.76 bits per heavy atom. The van der Waals surface area contributed by atoms with Crippen molar-refractivity contribution in [2.24, 2.45) is 0 Å². The maximum atomic E-state index is 13.3. The van der Waals surface area contributed by atoms with Crippen LogP contribution in [0.2, 0.25) is 0 Å². The van der Waals surface area contributed by atoms with Crippen LogP contribution in [0.4, 0.5) is 18.9 Å². The van der Waals surface area contributed by atoms with E-state index in [4.69, 9.17) is 12.2 Å². The summed E-state index contributed by atoms with van der Waals surface area (Å²) in [6.07, 6.45) is 0.254. The average molecular weight is 582 g/mol. The molecule has 2 N–H and O–H groups in total. The molecule has 3 rings (SSSR count). The van der Waals surface area contributed by atoms with Gasteiger partial charge in [0.15, 0.2) is 5.60 Å². The zero-order valence-electron chi connectivity index (χ0n) is 20.6. The van der Waals surface area contributed by atoms with Gasteiger partial charge in [0.05, 0.1) is 16.2 Å². The van der Waals surface area contributed by atoms with Crippen molar-refractivity contribution in [1.82, 2.24) is 9.03 Å². The Hall–Kier alpha value is -1.84. The van der Waals surface area contributed by atoms with Crippen molar-refractivity contribution in [2.75, 3.05) is 31.1 Å². The Morgan fingerprint density at radius 3 is 2.30 bits per heavy atom. The fraction of sp³-hybridized carbons (Fsp3) is 0.522. The summed E-state index contributed by atoms with van der Waals surface area (Å²) in [5, 5.41) is 9.24. The third-order valence-electron chi connectivity index (χ3n) is 6.48. The Morgan fingerprint density at radius 1 is 1.14 bits per heavy atom. The summed E-state index contributed by atoms with van der Waals surface area (Å²) in [6.45, 7) is 3.68. The molecule has 1 unspecified atom stereocenters. The highest BCUT2D eigenvalue weighted by Gasteiger charge is 2.51. The molecule has 14 heteroatoms. The van der Waals surface area contributed by atoms with E-state index in [1.54, 1.807) is 17.1 Å². The SMILES string of the molecule is CC(C)S(=O)(=O)NC[C@H]1CN(S(=O)(=O)C2=CC=CCC2=S)CCN1c1ccc(C(C)(O)C(F)(F)F)cc1. The second-order valence-corrected chi connectivity index (χ2v) is 14.1. The molecular formula is C23H30F3N3O5S3. The second kappa shape index (κ2) is 10.7. The molecule has 0 amide bonds. The minimum atomic E-state index is -4.88. The molecule has 37 heavy (non-hydrogen) atoms. The summed E-state index contributed by atoms with van der Waals surface area (Å²) in [4.78, 5) is 2.06. The van der Waals surface area contributed by atoms with Crippen molar-refractivity contribution in [2.45, 2.75) is 50.3 Å². The number of anilines is 1. The van der Waals surface area contributed by atoms with Gasteiger partial charge in [-0.2, -0.15) is 17.5 Å². The lowest BCUT2D eigenvalue weighted by atomic mass is 9.95. The van der Waals surface area contributed by atoms with E-state index in [1.807, 2.05) is 0 Å². The fourth-order valence-corrected chi connectivity index (χ4v) is 6.80. The van der Waals surface area contributed by atoms with Gasteiger partial charge in [0.2, 0.25) is 20.0 Å². The lowest BCUT2D eigenvalue weighted by Crippen LogP contribution is -2.59. The molecule has 0 aromatic heterocycles. The molecular weight excluding hydrogens is 551 g/mol. The van der Waals surface area contributed by atoms with Crippen LogP contribution in [0.15, 0.2) is 47.4 Å². The number of nitrogens with one attached hydrogen (secondary N) is 1. The molecule has 0 radical (unpaired) electrons. The molecule has 1 heterocycles. The number of aliphatic hydroxyl groups is 1. The van der Waals surface area contributed by atoms with Crippen LogP contribution >= 0.6 is 12.2 Å². The molecule has 206 valence electrons. The average Bonchev–Trinajstić information content (AvgIpc) is 2.82. The number of thiocarbonyl (C=S) groups is 1. The molecule has 1 aromatic carbocycles.